The minimum Gasteiger partial charge on any atom is -0.0625 e. The summed E-state index contributed by atoms with van der Waals surface area (Å²) in [4.78, 5) is 0. The van der Waals surface area contributed by atoms with E-state index in [1.54, 1.807) is 0 Å². The summed E-state index contributed by atoms with van der Waals surface area (Å²) >= 11 is 2.42. The summed E-state index contributed by atoms with van der Waals surface area (Å²) in [6.45, 7) is 4.55. The molecule has 0 nitrogen and oxygen atoms in total. The van der Waals surface area contributed by atoms with Crippen molar-refractivity contribution in [2.45, 2.75) is 45.4 Å². The SMILES string of the molecule is Cc1ccc(-c2ccc(C3CCC(C)CC3)cc2)cc1I. The molecule has 2 aromatic carbocycles. The summed E-state index contributed by atoms with van der Waals surface area (Å²) in [7, 11) is 0. The van der Waals surface area contributed by atoms with Crippen molar-refractivity contribution in [2.24, 2.45) is 5.92 Å². The first-order valence-corrected chi connectivity index (χ1v) is 9.08. The van der Waals surface area contributed by atoms with Gasteiger partial charge in [0.25, 0.3) is 0 Å². The summed E-state index contributed by atoms with van der Waals surface area (Å²) < 4.78 is 1.34. The maximum Gasteiger partial charge on any atom is 0.0165 e. The van der Waals surface area contributed by atoms with Gasteiger partial charge in [0, 0.05) is 3.57 Å². The van der Waals surface area contributed by atoms with Crippen LogP contribution in [0.5, 0.6) is 0 Å². The van der Waals surface area contributed by atoms with Gasteiger partial charge in [-0.25, -0.2) is 0 Å². The highest BCUT2D eigenvalue weighted by Crippen LogP contribution is 2.36. The second-order valence-electron chi connectivity index (χ2n) is 6.54. The van der Waals surface area contributed by atoms with Crippen molar-refractivity contribution in [1.82, 2.24) is 0 Å². The Hall–Kier alpha value is -0.830. The third-order valence-corrected chi connectivity index (χ3v) is 6.07. The highest BCUT2D eigenvalue weighted by atomic mass is 127. The van der Waals surface area contributed by atoms with Gasteiger partial charge in [-0.2, -0.15) is 0 Å². The van der Waals surface area contributed by atoms with Crippen LogP contribution in [0.4, 0.5) is 0 Å². The number of hydrogen-bond acceptors (Lipinski definition) is 0. The van der Waals surface area contributed by atoms with Crippen molar-refractivity contribution in [3.8, 4) is 11.1 Å². The zero-order valence-electron chi connectivity index (χ0n) is 12.9. The van der Waals surface area contributed by atoms with Crippen LogP contribution >= 0.6 is 22.6 Å². The lowest BCUT2D eigenvalue weighted by atomic mass is 9.79. The van der Waals surface area contributed by atoms with Crippen LogP contribution in [-0.2, 0) is 0 Å². The largest absolute Gasteiger partial charge is 0.0625 e. The molecule has 0 spiro atoms. The van der Waals surface area contributed by atoms with E-state index in [0.29, 0.717) is 0 Å². The number of halogens is 1. The molecule has 0 unspecified atom stereocenters. The van der Waals surface area contributed by atoms with Gasteiger partial charge >= 0.3 is 0 Å². The highest BCUT2D eigenvalue weighted by Gasteiger charge is 2.19. The Bertz CT molecular complexity index is 604. The molecule has 1 saturated carbocycles. The molecule has 0 atom stereocenters. The molecule has 1 aliphatic rings. The van der Waals surface area contributed by atoms with Crippen LogP contribution in [0.3, 0.4) is 0 Å². The molecule has 0 N–H and O–H groups in total. The Morgan fingerprint density at radius 1 is 0.857 bits per heavy atom. The van der Waals surface area contributed by atoms with Gasteiger partial charge < -0.3 is 0 Å². The topological polar surface area (TPSA) is 0 Å². The lowest BCUT2D eigenvalue weighted by Crippen LogP contribution is -2.10. The molecule has 1 aliphatic carbocycles. The highest BCUT2D eigenvalue weighted by molar-refractivity contribution is 14.1. The molecule has 0 aliphatic heterocycles. The first kappa shape index (κ1) is 15.1. The molecule has 0 aromatic heterocycles. The zero-order chi connectivity index (χ0) is 14.8. The average Bonchev–Trinajstić information content (AvgIpc) is 2.51. The molecule has 0 heterocycles. The van der Waals surface area contributed by atoms with Crippen LogP contribution in [-0.4, -0.2) is 0 Å². The molecule has 3 rings (SSSR count). The molecule has 0 amide bonds. The Balaban J connectivity index is 1.79. The quantitative estimate of drug-likeness (QED) is 0.510. The van der Waals surface area contributed by atoms with E-state index < -0.39 is 0 Å². The van der Waals surface area contributed by atoms with Crippen LogP contribution in [0, 0.1) is 16.4 Å². The van der Waals surface area contributed by atoms with E-state index >= 15 is 0 Å². The second-order valence-corrected chi connectivity index (χ2v) is 7.70. The van der Waals surface area contributed by atoms with E-state index in [4.69, 9.17) is 0 Å². The van der Waals surface area contributed by atoms with E-state index in [2.05, 4.69) is 78.9 Å². The van der Waals surface area contributed by atoms with Crippen molar-refractivity contribution >= 4 is 22.6 Å². The van der Waals surface area contributed by atoms with Crippen molar-refractivity contribution in [2.75, 3.05) is 0 Å². The maximum absolute atomic E-state index is 2.42. The Labute approximate surface area is 142 Å². The van der Waals surface area contributed by atoms with Crippen molar-refractivity contribution in [1.29, 1.82) is 0 Å². The van der Waals surface area contributed by atoms with Gasteiger partial charge in [-0.3, -0.25) is 0 Å². The van der Waals surface area contributed by atoms with E-state index in [1.165, 1.54) is 51.5 Å². The predicted molar refractivity (Wildman–Crippen MR) is 99.7 cm³/mol. The van der Waals surface area contributed by atoms with E-state index in [9.17, 15) is 0 Å². The molecular formula is C20H23I. The molecule has 0 saturated heterocycles. The average molecular weight is 390 g/mol. The summed E-state index contributed by atoms with van der Waals surface area (Å²) in [6.07, 6.45) is 5.51. The fraction of sp³-hybridized carbons (Fsp3) is 0.400. The molecule has 1 fully saturated rings. The third-order valence-electron chi connectivity index (χ3n) is 4.90. The van der Waals surface area contributed by atoms with Crippen LogP contribution in [0.1, 0.15) is 49.7 Å². The van der Waals surface area contributed by atoms with Crippen molar-refractivity contribution in [3.05, 3.63) is 57.2 Å². The molecule has 0 radical (unpaired) electrons. The molecule has 110 valence electrons. The first-order chi connectivity index (χ1) is 10.1. The minimum absolute atomic E-state index is 0.786. The Kier molecular flexibility index (Phi) is 4.68. The summed E-state index contributed by atoms with van der Waals surface area (Å²) in [5, 5.41) is 0. The van der Waals surface area contributed by atoms with Gasteiger partial charge in [-0.15, -0.1) is 0 Å². The van der Waals surface area contributed by atoms with Gasteiger partial charge in [0.15, 0.2) is 0 Å². The number of hydrogen-bond donors (Lipinski definition) is 0. The van der Waals surface area contributed by atoms with Gasteiger partial charge in [0.2, 0.25) is 0 Å². The molecule has 2 aromatic rings. The van der Waals surface area contributed by atoms with Gasteiger partial charge in [0.05, 0.1) is 0 Å². The molecule has 21 heavy (non-hydrogen) atoms. The van der Waals surface area contributed by atoms with Crippen LogP contribution in [0.25, 0.3) is 11.1 Å². The summed E-state index contributed by atoms with van der Waals surface area (Å²) in [6, 6.07) is 16.0. The fourth-order valence-corrected chi connectivity index (χ4v) is 3.83. The second kappa shape index (κ2) is 6.51. The maximum atomic E-state index is 2.42. The van der Waals surface area contributed by atoms with Gasteiger partial charge in [-0.05, 0) is 82.5 Å². The first-order valence-electron chi connectivity index (χ1n) is 8.00. The normalized spacial score (nSPS) is 22.2. The van der Waals surface area contributed by atoms with Crippen LogP contribution in [0.15, 0.2) is 42.5 Å². The molecular weight excluding hydrogens is 367 g/mol. The number of benzene rings is 2. The minimum atomic E-state index is 0.786. The van der Waals surface area contributed by atoms with E-state index in [1.807, 2.05) is 0 Å². The van der Waals surface area contributed by atoms with E-state index in [-0.39, 0.29) is 0 Å². The Morgan fingerprint density at radius 2 is 1.48 bits per heavy atom. The monoisotopic (exact) mass is 390 g/mol. The van der Waals surface area contributed by atoms with Crippen molar-refractivity contribution in [3.63, 3.8) is 0 Å². The summed E-state index contributed by atoms with van der Waals surface area (Å²) in [5.74, 6) is 1.71. The van der Waals surface area contributed by atoms with Crippen molar-refractivity contribution < 1.29 is 0 Å². The standard InChI is InChI=1S/C20H23I/c1-14-3-6-16(7-4-14)17-9-11-18(12-10-17)19-8-5-15(2)20(21)13-19/h5,8-14,16H,3-4,6-7H2,1-2H3. The lowest BCUT2D eigenvalue weighted by molar-refractivity contribution is 0.348. The zero-order valence-corrected chi connectivity index (χ0v) is 15.1. The van der Waals surface area contributed by atoms with Crippen LogP contribution < -0.4 is 0 Å². The summed E-state index contributed by atoms with van der Waals surface area (Å²) in [5.41, 5.74) is 5.55. The Morgan fingerprint density at radius 3 is 2.10 bits per heavy atom. The fourth-order valence-electron chi connectivity index (χ4n) is 3.31. The predicted octanol–water partition coefficient (Wildman–Crippen LogP) is 6.56. The smallest absolute Gasteiger partial charge is 0.0165 e. The number of aryl methyl sites for hydroxylation is 1. The lowest BCUT2D eigenvalue weighted by Gasteiger charge is -2.26. The third kappa shape index (κ3) is 3.50. The van der Waals surface area contributed by atoms with Gasteiger partial charge in [-0.1, -0.05) is 56.2 Å². The molecule has 0 bridgehead atoms. The van der Waals surface area contributed by atoms with Gasteiger partial charge in [0.1, 0.15) is 0 Å². The van der Waals surface area contributed by atoms with Crippen LogP contribution in [0.2, 0.25) is 0 Å². The molecule has 1 heteroatoms. The van der Waals surface area contributed by atoms with E-state index in [0.717, 1.165) is 11.8 Å². The number of rotatable bonds is 2.